The number of allylic oxidation sites excluding steroid dienone is 5. The minimum absolute atomic E-state index is 0.115. The first-order valence-electron chi connectivity index (χ1n) is 12.7. The predicted octanol–water partition coefficient (Wildman–Crippen LogP) is 4.93. The summed E-state index contributed by atoms with van der Waals surface area (Å²) >= 11 is 0. The molecule has 1 amide bonds. The van der Waals surface area contributed by atoms with Crippen LogP contribution in [0.2, 0.25) is 0 Å². The number of carbonyl (C=O) groups is 1. The molecule has 0 unspecified atom stereocenters. The number of halogens is 2. The molecule has 1 aromatic carbocycles. The summed E-state index contributed by atoms with van der Waals surface area (Å²) in [5, 5.41) is 2.89. The van der Waals surface area contributed by atoms with Crippen LogP contribution in [-0.4, -0.2) is 40.6 Å². The number of aryl methyl sites for hydroxylation is 1. The third kappa shape index (κ3) is 6.00. The number of carbonyl (C=O) groups excluding carboxylic acids is 1. The molecule has 2 aromatic rings. The fraction of sp³-hybridized carbons (Fsp3) is 0.286. The second-order valence-corrected chi connectivity index (χ2v) is 9.09. The lowest BCUT2D eigenvalue weighted by atomic mass is 9.90. The molecular formula is C28H33BF2N4O. The number of fused-ring (bicyclic) bond motifs is 2. The molecule has 2 aliphatic rings. The Hall–Kier alpha value is -3.52. The van der Waals surface area contributed by atoms with Crippen LogP contribution in [0.25, 0.3) is 12.2 Å². The molecule has 5 nitrogen and oxygen atoms in total. The molecule has 8 heteroatoms. The van der Waals surface area contributed by atoms with E-state index >= 15 is 8.63 Å². The number of hydrogen-bond acceptors (Lipinski definition) is 2. The Balaban J connectivity index is 1.42. The van der Waals surface area contributed by atoms with Crippen molar-refractivity contribution in [2.75, 3.05) is 13.1 Å². The van der Waals surface area contributed by atoms with Crippen LogP contribution in [0.15, 0.2) is 78.5 Å². The molecule has 0 saturated carbocycles. The summed E-state index contributed by atoms with van der Waals surface area (Å²) in [6.07, 6.45) is 16.8. The molecule has 36 heavy (non-hydrogen) atoms. The van der Waals surface area contributed by atoms with E-state index < -0.39 is 6.97 Å². The van der Waals surface area contributed by atoms with Crippen LogP contribution in [0.3, 0.4) is 0 Å². The van der Waals surface area contributed by atoms with E-state index in [1.165, 1.54) is 0 Å². The topological polar surface area (TPSA) is 63.1 Å². The van der Waals surface area contributed by atoms with Gasteiger partial charge in [0.05, 0.1) is 0 Å². The molecule has 0 aliphatic carbocycles. The van der Waals surface area contributed by atoms with E-state index in [0.717, 1.165) is 40.2 Å². The van der Waals surface area contributed by atoms with Crippen LogP contribution in [0.4, 0.5) is 8.63 Å². The number of nitrogens with two attached hydrogens (primary N) is 1. The summed E-state index contributed by atoms with van der Waals surface area (Å²) in [5.74, 6) is -0.115. The normalized spacial score (nSPS) is 16.0. The number of nitrogens with zero attached hydrogens (tertiary/aromatic N) is 2. The number of benzene rings is 1. The zero-order valence-electron chi connectivity index (χ0n) is 20.5. The van der Waals surface area contributed by atoms with Crippen molar-refractivity contribution in [1.82, 2.24) is 9.79 Å². The largest absolute Gasteiger partial charge is 0.737 e. The van der Waals surface area contributed by atoms with E-state index in [1.807, 2.05) is 42.5 Å². The minimum atomic E-state index is -4.09. The summed E-state index contributed by atoms with van der Waals surface area (Å²) in [7, 11) is 0. The summed E-state index contributed by atoms with van der Waals surface area (Å²) in [5.41, 5.74) is 8.35. The van der Waals surface area contributed by atoms with Gasteiger partial charge < -0.3 is 28.6 Å². The van der Waals surface area contributed by atoms with Crippen molar-refractivity contribution in [3.63, 3.8) is 0 Å². The first-order chi connectivity index (χ1) is 17.5. The van der Waals surface area contributed by atoms with Crippen molar-refractivity contribution >= 4 is 30.7 Å². The number of nitrogens with one attached hydrogen (secondary N) is 1. The van der Waals surface area contributed by atoms with E-state index in [2.05, 4.69) is 5.32 Å². The number of amides is 1. The molecule has 2 aliphatic heterocycles. The smallest absolute Gasteiger partial charge is 0.394 e. The highest BCUT2D eigenvalue weighted by atomic mass is 19.2. The van der Waals surface area contributed by atoms with Gasteiger partial charge in [-0.3, -0.25) is 4.79 Å². The molecule has 0 fully saturated rings. The van der Waals surface area contributed by atoms with Crippen LogP contribution in [0, 0.1) is 0 Å². The monoisotopic (exact) mass is 490 g/mol. The van der Waals surface area contributed by atoms with E-state index in [4.69, 9.17) is 5.73 Å². The second-order valence-electron chi connectivity index (χ2n) is 9.09. The minimum Gasteiger partial charge on any atom is -0.394 e. The Labute approximate surface area is 211 Å². The molecule has 0 saturated heterocycles. The fourth-order valence-corrected chi connectivity index (χ4v) is 4.63. The first-order valence-corrected chi connectivity index (χ1v) is 12.7. The van der Waals surface area contributed by atoms with E-state index in [9.17, 15) is 4.79 Å². The quantitative estimate of drug-likeness (QED) is 0.252. The van der Waals surface area contributed by atoms with Crippen molar-refractivity contribution < 1.29 is 17.9 Å². The lowest BCUT2D eigenvalue weighted by molar-refractivity contribution is -0.360. The fourth-order valence-electron chi connectivity index (χ4n) is 4.63. The van der Waals surface area contributed by atoms with Crippen LogP contribution < -0.4 is 11.1 Å². The number of rotatable bonds is 12. The Bertz CT molecular complexity index is 1230. The van der Waals surface area contributed by atoms with Gasteiger partial charge >= 0.3 is 6.97 Å². The lowest BCUT2D eigenvalue weighted by Crippen LogP contribution is -2.50. The van der Waals surface area contributed by atoms with Crippen molar-refractivity contribution in [3.05, 3.63) is 95.5 Å². The maximum atomic E-state index is 15.8. The van der Waals surface area contributed by atoms with E-state index in [0.29, 0.717) is 35.9 Å². The molecule has 0 bridgehead atoms. The van der Waals surface area contributed by atoms with Crippen LogP contribution in [0.5, 0.6) is 0 Å². The Kier molecular flexibility index (Phi) is 8.49. The van der Waals surface area contributed by atoms with E-state index in [1.54, 1.807) is 42.5 Å². The summed E-state index contributed by atoms with van der Waals surface area (Å²) < 4.78 is 33.9. The highest BCUT2D eigenvalue weighted by Crippen LogP contribution is 2.33. The highest BCUT2D eigenvalue weighted by Gasteiger charge is 2.52. The zero-order chi connectivity index (χ0) is 25.4. The average molecular weight is 490 g/mol. The van der Waals surface area contributed by atoms with Crippen molar-refractivity contribution in [3.8, 4) is 0 Å². The molecule has 1 aromatic heterocycles. The van der Waals surface area contributed by atoms with Gasteiger partial charge in [-0.15, -0.1) is 0 Å². The SMILES string of the molecule is NCCCCCCNC(=O)CCc1ccc2n1[B-](F)(F)[N+]1=C(/C=C/C=C/c3ccccc3)C=CC1=C2. The standard InChI is InChI=1S/C28H33BF2N4O/c30-29(31)34-24(13-7-6-12-23-10-4-3-5-11-23)14-16-26(34)22-27-17-15-25(35(27)29)18-19-28(36)33-21-9-2-1-8-20-32/h3-7,10-17,22H,1-2,8-9,18-21,32H2,(H,33,36)/b12-6+,13-7+. The van der Waals surface area contributed by atoms with Gasteiger partial charge in [-0.05, 0) is 49.2 Å². The van der Waals surface area contributed by atoms with Crippen LogP contribution in [-0.2, 0) is 11.2 Å². The van der Waals surface area contributed by atoms with E-state index in [-0.39, 0.29) is 18.7 Å². The van der Waals surface area contributed by atoms with Crippen molar-refractivity contribution in [2.24, 2.45) is 5.73 Å². The molecule has 4 rings (SSSR count). The van der Waals surface area contributed by atoms with Crippen molar-refractivity contribution in [2.45, 2.75) is 38.5 Å². The Morgan fingerprint density at radius 3 is 2.58 bits per heavy atom. The van der Waals surface area contributed by atoms with Gasteiger partial charge in [0.1, 0.15) is 0 Å². The van der Waals surface area contributed by atoms with Gasteiger partial charge in [0.2, 0.25) is 5.91 Å². The first kappa shape index (κ1) is 25.6. The summed E-state index contributed by atoms with van der Waals surface area (Å²) in [6, 6.07) is 13.2. The maximum absolute atomic E-state index is 15.8. The van der Waals surface area contributed by atoms with Gasteiger partial charge in [-0.25, -0.2) is 0 Å². The Morgan fingerprint density at radius 2 is 1.78 bits per heavy atom. The van der Waals surface area contributed by atoms with Gasteiger partial charge in [0.15, 0.2) is 11.4 Å². The molecule has 0 radical (unpaired) electrons. The number of unbranched alkanes of at least 4 members (excludes halogenated alkanes) is 3. The van der Waals surface area contributed by atoms with Gasteiger partial charge in [-0.1, -0.05) is 61.4 Å². The molecule has 3 heterocycles. The third-order valence-electron chi connectivity index (χ3n) is 6.46. The summed E-state index contributed by atoms with van der Waals surface area (Å²) in [4.78, 5) is 12.3. The molecule has 3 N–H and O–H groups in total. The maximum Gasteiger partial charge on any atom is 0.737 e. The molecule has 0 spiro atoms. The number of hydrogen-bond donors (Lipinski definition) is 2. The van der Waals surface area contributed by atoms with Gasteiger partial charge in [0, 0.05) is 43.0 Å². The lowest BCUT2D eigenvalue weighted by Gasteiger charge is -2.30. The van der Waals surface area contributed by atoms with Crippen molar-refractivity contribution in [1.29, 1.82) is 0 Å². The molecule has 188 valence electrons. The second kappa shape index (κ2) is 11.9. The zero-order valence-corrected chi connectivity index (χ0v) is 20.5. The van der Waals surface area contributed by atoms with Crippen LogP contribution in [0.1, 0.15) is 49.1 Å². The number of aromatic nitrogens is 1. The van der Waals surface area contributed by atoms with Gasteiger partial charge in [0.25, 0.3) is 0 Å². The Morgan fingerprint density at radius 1 is 1.00 bits per heavy atom. The third-order valence-corrected chi connectivity index (χ3v) is 6.46. The highest BCUT2D eigenvalue weighted by molar-refractivity contribution is 6.58. The van der Waals surface area contributed by atoms with Crippen LogP contribution >= 0.6 is 0 Å². The average Bonchev–Trinajstić information content (AvgIpc) is 3.48. The molecular weight excluding hydrogens is 457 g/mol. The molecule has 0 atom stereocenters. The summed E-state index contributed by atoms with van der Waals surface area (Å²) in [6.45, 7) is -2.80. The predicted molar refractivity (Wildman–Crippen MR) is 144 cm³/mol. The van der Waals surface area contributed by atoms with Gasteiger partial charge in [-0.2, -0.15) is 0 Å².